The summed E-state index contributed by atoms with van der Waals surface area (Å²) in [6, 6.07) is 14.9. The highest BCUT2D eigenvalue weighted by atomic mass is 19.1. The summed E-state index contributed by atoms with van der Waals surface area (Å²) in [6.07, 6.45) is 4.18. The van der Waals surface area contributed by atoms with Gasteiger partial charge in [-0.1, -0.05) is 24.3 Å². The maximum atomic E-state index is 15.1. The second-order valence-corrected chi connectivity index (χ2v) is 8.25. The van der Waals surface area contributed by atoms with Gasteiger partial charge < -0.3 is 19.5 Å². The zero-order valence-electron chi connectivity index (χ0n) is 17.0. The predicted octanol–water partition coefficient (Wildman–Crippen LogP) is 4.90. The first-order valence-electron chi connectivity index (χ1n) is 10.7. The molecular formula is C25H22FN3O2. The average Bonchev–Trinajstić information content (AvgIpc) is 3.29. The SMILES string of the molecule is O=c1ccn2c3c(c(NCCN4CCCC4)c(F)cc13)Oc1cc3ccccc3cc1-2. The molecule has 0 saturated carbocycles. The van der Waals surface area contributed by atoms with Gasteiger partial charge in [-0.3, -0.25) is 4.79 Å². The van der Waals surface area contributed by atoms with Crippen molar-refractivity contribution < 1.29 is 9.13 Å². The lowest BCUT2D eigenvalue weighted by atomic mass is 10.1. The van der Waals surface area contributed by atoms with Crippen molar-refractivity contribution in [3.05, 3.63) is 70.8 Å². The number of likely N-dealkylation sites (tertiary alicyclic amines) is 1. The molecule has 0 unspecified atom stereocenters. The van der Waals surface area contributed by atoms with Crippen LogP contribution in [0.2, 0.25) is 0 Å². The van der Waals surface area contributed by atoms with Crippen molar-refractivity contribution in [2.24, 2.45) is 0 Å². The Morgan fingerprint density at radius 1 is 1.03 bits per heavy atom. The molecule has 0 amide bonds. The highest BCUT2D eigenvalue weighted by molar-refractivity contribution is 5.96. The summed E-state index contributed by atoms with van der Waals surface area (Å²) in [5, 5.41) is 5.68. The highest BCUT2D eigenvalue weighted by Gasteiger charge is 2.26. The molecule has 0 atom stereocenters. The topological polar surface area (TPSA) is 46.5 Å². The summed E-state index contributed by atoms with van der Waals surface area (Å²) in [7, 11) is 0. The van der Waals surface area contributed by atoms with Crippen molar-refractivity contribution >= 4 is 27.4 Å². The molecule has 2 aliphatic heterocycles. The van der Waals surface area contributed by atoms with Crippen LogP contribution < -0.4 is 15.5 Å². The molecule has 31 heavy (non-hydrogen) atoms. The van der Waals surface area contributed by atoms with Gasteiger partial charge in [0.05, 0.1) is 11.1 Å². The maximum Gasteiger partial charge on any atom is 0.189 e. The van der Waals surface area contributed by atoms with Crippen LogP contribution in [0.15, 0.2) is 59.5 Å². The van der Waals surface area contributed by atoms with Gasteiger partial charge in [0.25, 0.3) is 0 Å². The van der Waals surface area contributed by atoms with E-state index in [0.717, 1.165) is 36.1 Å². The number of pyridine rings is 1. The van der Waals surface area contributed by atoms with Crippen LogP contribution in [-0.2, 0) is 0 Å². The molecule has 0 aliphatic carbocycles. The van der Waals surface area contributed by atoms with Gasteiger partial charge in [0.1, 0.15) is 11.2 Å². The van der Waals surface area contributed by atoms with E-state index in [9.17, 15) is 4.79 Å². The minimum absolute atomic E-state index is 0.220. The second kappa shape index (κ2) is 7.10. The molecular weight excluding hydrogens is 393 g/mol. The third-order valence-electron chi connectivity index (χ3n) is 6.32. The Balaban J connectivity index is 1.50. The lowest BCUT2D eigenvalue weighted by molar-refractivity contribution is 0.352. The summed E-state index contributed by atoms with van der Waals surface area (Å²) in [6.45, 7) is 3.64. The predicted molar refractivity (Wildman–Crippen MR) is 121 cm³/mol. The molecule has 2 aliphatic rings. The molecule has 5 nitrogen and oxygen atoms in total. The van der Waals surface area contributed by atoms with E-state index >= 15 is 4.39 Å². The van der Waals surface area contributed by atoms with E-state index in [2.05, 4.69) is 10.2 Å². The van der Waals surface area contributed by atoms with Gasteiger partial charge in [-0.2, -0.15) is 0 Å². The number of halogens is 1. The molecule has 0 radical (unpaired) electrons. The van der Waals surface area contributed by atoms with Crippen molar-refractivity contribution in [3.63, 3.8) is 0 Å². The molecule has 6 heteroatoms. The molecule has 1 saturated heterocycles. The van der Waals surface area contributed by atoms with Crippen LogP contribution in [0.4, 0.5) is 10.1 Å². The van der Waals surface area contributed by atoms with Crippen LogP contribution in [0, 0.1) is 5.82 Å². The Bertz CT molecular complexity index is 1390. The maximum absolute atomic E-state index is 15.1. The van der Waals surface area contributed by atoms with E-state index in [1.807, 2.05) is 41.0 Å². The Morgan fingerprint density at radius 3 is 2.61 bits per heavy atom. The molecule has 3 aromatic carbocycles. The number of rotatable bonds is 4. The van der Waals surface area contributed by atoms with Crippen LogP contribution in [0.1, 0.15) is 12.8 Å². The van der Waals surface area contributed by atoms with Crippen LogP contribution in [-0.4, -0.2) is 35.6 Å². The van der Waals surface area contributed by atoms with Gasteiger partial charge in [0.2, 0.25) is 0 Å². The van der Waals surface area contributed by atoms with Crippen molar-refractivity contribution in [2.75, 3.05) is 31.5 Å². The molecule has 1 fully saturated rings. The van der Waals surface area contributed by atoms with Crippen LogP contribution in [0.25, 0.3) is 27.4 Å². The lowest BCUT2D eigenvalue weighted by Gasteiger charge is -2.26. The van der Waals surface area contributed by atoms with E-state index < -0.39 is 5.82 Å². The van der Waals surface area contributed by atoms with Crippen LogP contribution >= 0.6 is 0 Å². The second-order valence-electron chi connectivity index (χ2n) is 8.25. The van der Waals surface area contributed by atoms with E-state index in [0.29, 0.717) is 34.6 Å². The van der Waals surface area contributed by atoms with Crippen molar-refractivity contribution in [3.8, 4) is 17.2 Å². The zero-order chi connectivity index (χ0) is 20.9. The molecule has 1 N–H and O–H groups in total. The molecule has 0 spiro atoms. The minimum atomic E-state index is -0.469. The van der Waals surface area contributed by atoms with Crippen LogP contribution in [0.5, 0.6) is 11.5 Å². The molecule has 4 aromatic rings. The summed E-state index contributed by atoms with van der Waals surface area (Å²) < 4.78 is 23.3. The molecule has 156 valence electrons. The number of anilines is 1. The number of aromatic nitrogens is 1. The average molecular weight is 415 g/mol. The van der Waals surface area contributed by atoms with Gasteiger partial charge in [-0.05, 0) is 54.9 Å². The quantitative estimate of drug-likeness (QED) is 0.454. The fraction of sp³-hybridized carbons (Fsp3) is 0.240. The number of ether oxygens (including phenoxy) is 1. The van der Waals surface area contributed by atoms with Crippen LogP contribution in [0.3, 0.4) is 0 Å². The van der Waals surface area contributed by atoms with Crippen molar-refractivity contribution in [1.29, 1.82) is 0 Å². The summed E-state index contributed by atoms with van der Waals surface area (Å²) in [5.74, 6) is 0.546. The normalized spacial score (nSPS) is 15.3. The number of fused-ring (bicyclic) bond motifs is 3. The zero-order valence-corrected chi connectivity index (χ0v) is 17.0. The van der Waals surface area contributed by atoms with Gasteiger partial charge >= 0.3 is 0 Å². The number of benzene rings is 3. The lowest BCUT2D eigenvalue weighted by Crippen LogP contribution is -2.26. The highest BCUT2D eigenvalue weighted by Crippen LogP contribution is 2.45. The number of nitrogens with one attached hydrogen (secondary N) is 1. The first-order valence-corrected chi connectivity index (χ1v) is 10.7. The first-order chi connectivity index (χ1) is 15.2. The van der Waals surface area contributed by atoms with E-state index in [1.165, 1.54) is 25.0 Å². The van der Waals surface area contributed by atoms with Crippen molar-refractivity contribution in [1.82, 2.24) is 9.47 Å². The van der Waals surface area contributed by atoms with E-state index in [-0.39, 0.29) is 5.43 Å². The fourth-order valence-electron chi connectivity index (χ4n) is 4.75. The molecule has 1 aromatic heterocycles. The molecule has 0 bridgehead atoms. The third-order valence-corrected chi connectivity index (χ3v) is 6.32. The minimum Gasteiger partial charge on any atom is -0.451 e. The smallest absolute Gasteiger partial charge is 0.189 e. The number of hydrogen-bond donors (Lipinski definition) is 1. The third kappa shape index (κ3) is 2.98. The largest absolute Gasteiger partial charge is 0.451 e. The fourth-order valence-corrected chi connectivity index (χ4v) is 4.75. The van der Waals surface area contributed by atoms with E-state index in [1.54, 1.807) is 6.20 Å². The number of nitrogens with zero attached hydrogens (tertiary/aromatic N) is 2. The standard InChI is InChI=1S/C25H22FN3O2/c26-19-15-18-21(30)7-11-29-20-13-16-5-1-2-6-17(16)14-22(20)31-25(24(18)29)23(19)27-8-12-28-9-3-4-10-28/h1-2,5-7,11,13-15,27H,3-4,8-10,12H2. The monoisotopic (exact) mass is 415 g/mol. The summed E-state index contributed by atoms with van der Waals surface area (Å²) in [4.78, 5) is 14.9. The van der Waals surface area contributed by atoms with Crippen molar-refractivity contribution in [2.45, 2.75) is 12.8 Å². The Hall–Kier alpha value is -3.38. The van der Waals surface area contributed by atoms with Gasteiger partial charge in [-0.25, -0.2) is 4.39 Å². The first kappa shape index (κ1) is 18.4. The molecule has 3 heterocycles. The summed E-state index contributed by atoms with van der Waals surface area (Å²) >= 11 is 0. The number of hydrogen-bond acceptors (Lipinski definition) is 4. The Kier molecular flexibility index (Phi) is 4.21. The van der Waals surface area contributed by atoms with Gasteiger partial charge in [-0.15, -0.1) is 0 Å². The molecule has 6 rings (SSSR count). The van der Waals surface area contributed by atoms with E-state index in [4.69, 9.17) is 4.74 Å². The van der Waals surface area contributed by atoms with Gasteiger partial charge in [0, 0.05) is 25.4 Å². The Morgan fingerprint density at radius 2 is 1.81 bits per heavy atom. The Labute approximate surface area is 178 Å². The van der Waals surface area contributed by atoms with Gasteiger partial charge in [0.15, 0.2) is 22.7 Å². The summed E-state index contributed by atoms with van der Waals surface area (Å²) in [5.41, 5.74) is 1.53.